The van der Waals surface area contributed by atoms with Crippen LogP contribution in [-0.4, -0.2) is 47.7 Å². The molecule has 2 amide bonds. The van der Waals surface area contributed by atoms with Crippen molar-refractivity contribution in [1.29, 1.82) is 0 Å². The Bertz CT molecular complexity index is 801. The predicted octanol–water partition coefficient (Wildman–Crippen LogP) is 2.58. The number of morpholine rings is 1. The normalized spacial score (nSPS) is 39.3. The van der Waals surface area contributed by atoms with Crippen LogP contribution in [0, 0.1) is 17.8 Å². The number of carbonyl (C=O) groups is 2. The monoisotopic (exact) mass is 384 g/mol. The van der Waals surface area contributed by atoms with Crippen molar-refractivity contribution >= 4 is 11.8 Å². The van der Waals surface area contributed by atoms with E-state index >= 15 is 0 Å². The summed E-state index contributed by atoms with van der Waals surface area (Å²) >= 11 is 0. The third-order valence-corrected chi connectivity index (χ3v) is 7.02. The van der Waals surface area contributed by atoms with Crippen molar-refractivity contribution in [2.24, 2.45) is 17.8 Å². The predicted molar refractivity (Wildman–Crippen MR) is 103 cm³/mol. The first-order chi connectivity index (χ1) is 13.4. The maximum Gasteiger partial charge on any atom is 0.258 e. The smallest absolute Gasteiger partial charge is 0.258 e. The highest BCUT2D eigenvalue weighted by atomic mass is 16.5. The van der Waals surface area contributed by atoms with Crippen LogP contribution >= 0.6 is 0 Å². The third-order valence-electron chi connectivity index (χ3n) is 7.02. The number of rotatable bonds is 1. The fourth-order valence-electron chi connectivity index (χ4n) is 5.85. The van der Waals surface area contributed by atoms with Crippen molar-refractivity contribution in [3.8, 4) is 5.75 Å². The zero-order valence-electron chi connectivity index (χ0n) is 16.5. The second-order valence-electron chi connectivity index (χ2n) is 9.02. The van der Waals surface area contributed by atoms with E-state index in [1.165, 1.54) is 0 Å². The number of fused-ring (bicyclic) bond motifs is 3. The Labute approximate surface area is 165 Å². The maximum absolute atomic E-state index is 13.3. The number of hydrogen-bond donors (Lipinski definition) is 1. The molecule has 4 fully saturated rings. The van der Waals surface area contributed by atoms with Crippen LogP contribution in [0.15, 0.2) is 24.3 Å². The van der Waals surface area contributed by atoms with Crippen molar-refractivity contribution in [1.82, 2.24) is 10.2 Å². The van der Waals surface area contributed by atoms with Gasteiger partial charge in [-0.25, -0.2) is 0 Å². The molecule has 1 aromatic carbocycles. The lowest BCUT2D eigenvalue weighted by Gasteiger charge is -2.55. The average Bonchev–Trinajstić information content (AvgIpc) is 2.67. The van der Waals surface area contributed by atoms with E-state index in [1.807, 2.05) is 36.9 Å². The van der Waals surface area contributed by atoms with E-state index in [-0.39, 0.29) is 41.8 Å². The van der Waals surface area contributed by atoms with Crippen LogP contribution in [0.3, 0.4) is 0 Å². The second kappa shape index (κ2) is 6.48. The van der Waals surface area contributed by atoms with Gasteiger partial charge >= 0.3 is 0 Å². The van der Waals surface area contributed by atoms with Gasteiger partial charge in [0.1, 0.15) is 5.75 Å². The Morgan fingerprint density at radius 1 is 1.18 bits per heavy atom. The summed E-state index contributed by atoms with van der Waals surface area (Å²) in [4.78, 5) is 28.0. The number of hydrogen-bond acceptors (Lipinski definition) is 4. The fourth-order valence-corrected chi connectivity index (χ4v) is 5.85. The van der Waals surface area contributed by atoms with Crippen molar-refractivity contribution < 1.29 is 19.1 Å². The molecular weight excluding hydrogens is 356 g/mol. The fraction of sp³-hybridized carbons (Fsp3) is 0.636. The molecule has 150 valence electrons. The Kier molecular flexibility index (Phi) is 4.16. The summed E-state index contributed by atoms with van der Waals surface area (Å²) in [5, 5.41) is 3.17. The summed E-state index contributed by atoms with van der Waals surface area (Å²) in [6.07, 6.45) is 3.68. The largest absolute Gasteiger partial charge is 0.467 e. The third kappa shape index (κ3) is 2.81. The van der Waals surface area contributed by atoms with E-state index in [9.17, 15) is 9.59 Å². The van der Waals surface area contributed by atoms with Crippen LogP contribution in [0.2, 0.25) is 0 Å². The van der Waals surface area contributed by atoms with Gasteiger partial charge in [-0.15, -0.1) is 0 Å². The molecule has 1 saturated heterocycles. The van der Waals surface area contributed by atoms with Gasteiger partial charge in [0, 0.05) is 31.3 Å². The van der Waals surface area contributed by atoms with Crippen LogP contribution in [0.25, 0.3) is 0 Å². The number of para-hydroxylation sites is 1. The highest BCUT2D eigenvalue weighted by Crippen LogP contribution is 2.52. The van der Waals surface area contributed by atoms with Gasteiger partial charge in [-0.05, 0) is 51.2 Å². The van der Waals surface area contributed by atoms with Crippen LogP contribution in [0.4, 0.5) is 0 Å². The molecule has 6 atom stereocenters. The number of benzene rings is 1. The van der Waals surface area contributed by atoms with E-state index < -0.39 is 5.72 Å². The second-order valence-corrected chi connectivity index (χ2v) is 9.02. The van der Waals surface area contributed by atoms with Crippen molar-refractivity contribution in [3.05, 3.63) is 29.8 Å². The van der Waals surface area contributed by atoms with Crippen LogP contribution in [0.5, 0.6) is 5.75 Å². The zero-order valence-corrected chi connectivity index (χ0v) is 16.5. The molecule has 6 heteroatoms. The zero-order chi connectivity index (χ0) is 19.5. The van der Waals surface area contributed by atoms with Gasteiger partial charge in [0.2, 0.25) is 5.91 Å². The molecule has 6 nitrogen and oxygen atoms in total. The molecule has 0 radical (unpaired) electrons. The molecule has 1 aromatic rings. The Balaban J connectivity index is 1.36. The Morgan fingerprint density at radius 3 is 2.64 bits per heavy atom. The van der Waals surface area contributed by atoms with Gasteiger partial charge < -0.3 is 19.7 Å². The highest BCUT2D eigenvalue weighted by Gasteiger charge is 2.57. The van der Waals surface area contributed by atoms with E-state index in [1.54, 1.807) is 6.07 Å². The molecule has 2 bridgehead atoms. The van der Waals surface area contributed by atoms with Gasteiger partial charge in [0.15, 0.2) is 5.72 Å². The molecule has 2 aliphatic heterocycles. The SMILES string of the molecule is CC1CN(C(=O)C2CC3CCC2CC32NC(=O)c3ccccc3O2)CC(C)O1. The summed E-state index contributed by atoms with van der Waals surface area (Å²) in [5.41, 5.74) is -0.0602. The first-order valence-electron chi connectivity index (χ1n) is 10.5. The van der Waals surface area contributed by atoms with Gasteiger partial charge in [-0.2, -0.15) is 0 Å². The molecule has 28 heavy (non-hydrogen) atoms. The standard InChI is InChI=1S/C22H28N2O4/c1-13-11-24(12-14(2)27-13)21(26)18-9-16-8-7-15(18)10-22(16)23-20(25)17-5-3-4-6-19(17)28-22/h3-6,13-16,18H,7-12H2,1-2H3,(H,23,25). The number of ether oxygens (including phenoxy) is 2. The minimum absolute atomic E-state index is 0.0274. The van der Waals surface area contributed by atoms with E-state index in [0.29, 0.717) is 30.8 Å². The van der Waals surface area contributed by atoms with Crippen LogP contribution < -0.4 is 10.1 Å². The summed E-state index contributed by atoms with van der Waals surface area (Å²) in [7, 11) is 0. The molecule has 1 spiro atoms. The Morgan fingerprint density at radius 2 is 1.93 bits per heavy atom. The van der Waals surface area contributed by atoms with E-state index in [4.69, 9.17) is 9.47 Å². The minimum atomic E-state index is -0.656. The van der Waals surface area contributed by atoms with Crippen LogP contribution in [0.1, 0.15) is 49.9 Å². The number of amides is 2. The lowest BCUT2D eigenvalue weighted by atomic mass is 9.59. The quantitative estimate of drug-likeness (QED) is 0.808. The molecule has 6 rings (SSSR count). The summed E-state index contributed by atoms with van der Waals surface area (Å²) in [5.74, 6) is 1.30. The number of nitrogens with one attached hydrogen (secondary N) is 1. The highest BCUT2D eigenvalue weighted by molar-refractivity contribution is 5.98. The van der Waals surface area contributed by atoms with Gasteiger partial charge in [-0.3, -0.25) is 9.59 Å². The van der Waals surface area contributed by atoms with E-state index in [0.717, 1.165) is 19.3 Å². The first-order valence-corrected chi connectivity index (χ1v) is 10.5. The summed E-state index contributed by atoms with van der Waals surface area (Å²) in [6.45, 7) is 5.40. The van der Waals surface area contributed by atoms with E-state index in [2.05, 4.69) is 5.32 Å². The number of carbonyl (C=O) groups excluding carboxylic acids is 2. The maximum atomic E-state index is 13.3. The average molecular weight is 384 g/mol. The molecule has 6 unspecified atom stereocenters. The molecule has 5 aliphatic rings. The molecule has 0 aromatic heterocycles. The lowest BCUT2D eigenvalue weighted by Crippen LogP contribution is -2.67. The van der Waals surface area contributed by atoms with Crippen molar-refractivity contribution in [3.63, 3.8) is 0 Å². The van der Waals surface area contributed by atoms with Crippen molar-refractivity contribution in [2.75, 3.05) is 13.1 Å². The van der Waals surface area contributed by atoms with Crippen molar-refractivity contribution in [2.45, 2.75) is 57.5 Å². The minimum Gasteiger partial charge on any atom is -0.467 e. The summed E-state index contributed by atoms with van der Waals surface area (Å²) < 4.78 is 12.2. The molecule has 3 saturated carbocycles. The molecule has 2 heterocycles. The Hall–Kier alpha value is -2.08. The van der Waals surface area contributed by atoms with Gasteiger partial charge in [0.25, 0.3) is 5.91 Å². The van der Waals surface area contributed by atoms with Gasteiger partial charge in [-0.1, -0.05) is 12.1 Å². The summed E-state index contributed by atoms with van der Waals surface area (Å²) in [6, 6.07) is 7.42. The lowest BCUT2D eigenvalue weighted by molar-refractivity contribution is -0.164. The first kappa shape index (κ1) is 18.0. The molecule has 3 aliphatic carbocycles. The van der Waals surface area contributed by atoms with Crippen LogP contribution in [-0.2, 0) is 9.53 Å². The topological polar surface area (TPSA) is 67.9 Å². The molecule has 1 N–H and O–H groups in total. The molecular formula is C22H28N2O4. The van der Waals surface area contributed by atoms with Gasteiger partial charge in [0.05, 0.1) is 17.8 Å². The number of nitrogens with zero attached hydrogens (tertiary/aromatic N) is 1.